The number of allylic oxidation sites excluding steroid dienone is 2. The third kappa shape index (κ3) is 9.46. The smallest absolute Gasteiger partial charge is 0.162 e. The monoisotopic (exact) mass is 761 g/mol. The molecule has 1 radical (unpaired) electrons. The summed E-state index contributed by atoms with van der Waals surface area (Å²) >= 11 is 1.83. The molecule has 0 fully saturated rings. The number of thiophene rings is 1. The van der Waals surface area contributed by atoms with E-state index in [9.17, 15) is 9.90 Å². The maximum absolute atomic E-state index is 11.7. The number of carbonyl (C=O) groups excluding carboxylic acids is 1. The number of aromatic nitrogens is 1. The maximum Gasteiger partial charge on any atom is 0.162 e. The molecule has 3 nitrogen and oxygen atoms in total. The number of aliphatic hydroxyl groups is 1. The minimum atomic E-state index is 0. The van der Waals surface area contributed by atoms with Crippen LogP contribution in [0.1, 0.15) is 89.8 Å². The number of aliphatic hydroxyl groups excluding tert-OH is 1. The van der Waals surface area contributed by atoms with Crippen molar-refractivity contribution in [1.82, 2.24) is 4.98 Å². The average molecular weight is 761 g/mol. The van der Waals surface area contributed by atoms with E-state index < -0.39 is 0 Å². The summed E-state index contributed by atoms with van der Waals surface area (Å²) in [6.07, 6.45) is 6.89. The van der Waals surface area contributed by atoms with Crippen LogP contribution in [0.4, 0.5) is 0 Å². The molecule has 0 atom stereocenters. The molecular formula is C37H46IrNO2S-. The fourth-order valence-electron chi connectivity index (χ4n) is 5.07. The summed E-state index contributed by atoms with van der Waals surface area (Å²) in [4.78, 5) is 17.7. The van der Waals surface area contributed by atoms with E-state index in [1.165, 1.54) is 37.7 Å². The molecule has 0 aliphatic heterocycles. The van der Waals surface area contributed by atoms with Crippen molar-refractivity contribution in [1.29, 1.82) is 0 Å². The largest absolute Gasteiger partial charge is 0.512 e. The molecule has 0 spiro atoms. The van der Waals surface area contributed by atoms with Gasteiger partial charge in [0.2, 0.25) is 0 Å². The Morgan fingerprint density at radius 2 is 1.55 bits per heavy atom. The van der Waals surface area contributed by atoms with Crippen molar-refractivity contribution in [3.8, 4) is 21.7 Å². The molecule has 5 heteroatoms. The Kier molecular flexibility index (Phi) is 14.3. The number of carbonyl (C=O) groups is 1. The quantitative estimate of drug-likeness (QED) is 0.0995. The van der Waals surface area contributed by atoms with Crippen molar-refractivity contribution in [3.63, 3.8) is 0 Å². The van der Waals surface area contributed by atoms with Gasteiger partial charge < -0.3 is 10.1 Å². The van der Waals surface area contributed by atoms with Gasteiger partial charge in [-0.15, -0.1) is 46.2 Å². The molecule has 2 heterocycles. The molecule has 4 aromatic rings. The van der Waals surface area contributed by atoms with E-state index in [2.05, 4.69) is 87.3 Å². The molecule has 0 saturated carbocycles. The topological polar surface area (TPSA) is 50.2 Å². The van der Waals surface area contributed by atoms with Crippen LogP contribution in [-0.4, -0.2) is 15.9 Å². The van der Waals surface area contributed by atoms with Gasteiger partial charge in [0.25, 0.3) is 0 Å². The molecule has 227 valence electrons. The van der Waals surface area contributed by atoms with Gasteiger partial charge in [0.05, 0.1) is 5.76 Å². The fraction of sp³-hybridized carbons (Fsp3) is 0.405. The standard InChI is InChI=1S/C24H22NS.C13H24O2.Ir/c1-15(2)18-5-7-19(8-6-18)23-12-21-14-25-22(13-24(21)26-23)20-10-16(3)9-17(4)11-20;1-5-10(6-2)12(14)9-13(15)11(7-3)8-4;/h5-10,12-15H,1-4H3;9-11,14H,5-8H2,1-4H3;/q-1;;/b;12-9-;. The molecule has 2 aromatic carbocycles. The molecule has 0 aliphatic rings. The summed E-state index contributed by atoms with van der Waals surface area (Å²) < 4.78 is 1.27. The van der Waals surface area contributed by atoms with Crippen molar-refractivity contribution in [2.75, 3.05) is 0 Å². The van der Waals surface area contributed by atoms with Crippen molar-refractivity contribution >= 4 is 27.2 Å². The number of hydrogen-bond donors (Lipinski definition) is 1. The summed E-state index contributed by atoms with van der Waals surface area (Å²) in [5, 5.41) is 11.0. The molecule has 42 heavy (non-hydrogen) atoms. The first-order chi connectivity index (χ1) is 19.6. The van der Waals surface area contributed by atoms with Gasteiger partial charge >= 0.3 is 0 Å². The molecule has 0 aliphatic carbocycles. The van der Waals surface area contributed by atoms with Gasteiger partial charge in [0, 0.05) is 59.2 Å². The first kappa shape index (κ1) is 35.6. The summed E-state index contributed by atoms with van der Waals surface area (Å²) in [6, 6.07) is 21.1. The van der Waals surface area contributed by atoms with Crippen LogP contribution in [0.2, 0.25) is 0 Å². The average Bonchev–Trinajstić information content (AvgIpc) is 3.38. The molecule has 1 N–H and O–H groups in total. The maximum atomic E-state index is 11.7. The SMILES string of the molecule is CCC(CC)C(=O)/C=C(\O)C(CC)CC.Cc1[c-]c(-c2cc3sc(-c4ccc(C(C)C)cc4)cc3cn2)cc(C)c1.[Ir]. The molecule has 2 aromatic heterocycles. The minimum absolute atomic E-state index is 0. The van der Waals surface area contributed by atoms with Crippen LogP contribution < -0.4 is 0 Å². The van der Waals surface area contributed by atoms with E-state index in [1.54, 1.807) is 0 Å². The number of pyridine rings is 1. The molecule has 0 unspecified atom stereocenters. The second kappa shape index (κ2) is 16.9. The minimum Gasteiger partial charge on any atom is -0.512 e. The van der Waals surface area contributed by atoms with Crippen LogP contribution in [0.5, 0.6) is 0 Å². The second-order valence-electron chi connectivity index (χ2n) is 11.2. The number of fused-ring (bicyclic) bond motifs is 1. The Bertz CT molecular complexity index is 1440. The van der Waals surface area contributed by atoms with Gasteiger partial charge in [-0.25, -0.2) is 0 Å². The number of hydrogen-bond acceptors (Lipinski definition) is 4. The van der Waals surface area contributed by atoms with E-state index in [0.717, 1.165) is 42.5 Å². The van der Waals surface area contributed by atoms with Gasteiger partial charge in [-0.3, -0.25) is 4.79 Å². The molecule has 0 bridgehead atoms. The number of ketones is 1. The zero-order valence-electron chi connectivity index (χ0n) is 26.4. The van der Waals surface area contributed by atoms with Gasteiger partial charge in [-0.1, -0.05) is 85.7 Å². The predicted octanol–water partition coefficient (Wildman–Crippen LogP) is 11.0. The third-order valence-electron chi connectivity index (χ3n) is 7.77. The van der Waals surface area contributed by atoms with Crippen molar-refractivity contribution in [3.05, 3.63) is 89.3 Å². The zero-order valence-corrected chi connectivity index (χ0v) is 29.6. The normalized spacial score (nSPS) is 11.5. The fourth-order valence-corrected chi connectivity index (χ4v) is 6.14. The van der Waals surface area contributed by atoms with Crippen LogP contribution in [-0.2, 0) is 24.9 Å². The number of aryl methyl sites for hydroxylation is 2. The third-order valence-corrected chi connectivity index (χ3v) is 8.92. The number of benzene rings is 2. The zero-order chi connectivity index (χ0) is 30.1. The predicted molar refractivity (Wildman–Crippen MR) is 177 cm³/mol. The summed E-state index contributed by atoms with van der Waals surface area (Å²) in [5.74, 6) is 1.11. The Morgan fingerprint density at radius 1 is 0.929 bits per heavy atom. The first-order valence-corrected chi connectivity index (χ1v) is 15.9. The van der Waals surface area contributed by atoms with Crippen molar-refractivity contribution in [2.45, 2.75) is 87.0 Å². The summed E-state index contributed by atoms with van der Waals surface area (Å²) in [5.41, 5.74) is 7.11. The van der Waals surface area contributed by atoms with Crippen molar-refractivity contribution < 1.29 is 30.0 Å². The van der Waals surface area contributed by atoms with Gasteiger partial charge in [-0.05, 0) is 54.5 Å². The van der Waals surface area contributed by atoms with Crippen molar-refractivity contribution in [2.24, 2.45) is 11.8 Å². The number of rotatable bonds is 10. The summed E-state index contributed by atoms with van der Waals surface area (Å²) in [7, 11) is 0. The number of nitrogens with zero attached hydrogens (tertiary/aromatic N) is 1. The Hall–Kier alpha value is -2.59. The Labute approximate surface area is 270 Å². The van der Waals surface area contributed by atoms with Crippen LogP contribution in [0.15, 0.2) is 66.6 Å². The molecule has 4 rings (SSSR count). The van der Waals surface area contributed by atoms with Crippen LogP contribution >= 0.6 is 11.3 Å². The Morgan fingerprint density at radius 3 is 2.10 bits per heavy atom. The van der Waals surface area contributed by atoms with E-state index in [1.807, 2.05) is 45.2 Å². The van der Waals surface area contributed by atoms with E-state index in [0.29, 0.717) is 5.92 Å². The van der Waals surface area contributed by atoms with E-state index >= 15 is 0 Å². The molecule has 0 saturated heterocycles. The second-order valence-corrected chi connectivity index (χ2v) is 12.3. The van der Waals surface area contributed by atoms with Gasteiger partial charge in [-0.2, -0.15) is 0 Å². The van der Waals surface area contributed by atoms with Crippen LogP contribution in [0, 0.1) is 31.7 Å². The van der Waals surface area contributed by atoms with Crippen LogP contribution in [0.3, 0.4) is 0 Å². The molecular weight excluding hydrogens is 715 g/mol. The van der Waals surface area contributed by atoms with E-state index in [4.69, 9.17) is 0 Å². The van der Waals surface area contributed by atoms with Gasteiger partial charge in [0.15, 0.2) is 5.78 Å². The Balaban J connectivity index is 0.000000334. The molecule has 0 amide bonds. The van der Waals surface area contributed by atoms with Crippen LogP contribution in [0.25, 0.3) is 31.8 Å². The first-order valence-electron chi connectivity index (χ1n) is 15.0. The van der Waals surface area contributed by atoms with Gasteiger partial charge in [0.1, 0.15) is 0 Å². The summed E-state index contributed by atoms with van der Waals surface area (Å²) in [6.45, 7) is 16.7. The van der Waals surface area contributed by atoms with E-state index in [-0.39, 0.29) is 43.5 Å².